The first-order chi connectivity index (χ1) is 12.5. The molecular formula is C19H31NO6. The summed E-state index contributed by atoms with van der Waals surface area (Å²) >= 11 is 0. The predicted molar refractivity (Wildman–Crippen MR) is 94.3 cm³/mol. The Balaban J connectivity index is 1.98. The second-order valence-electron chi connectivity index (χ2n) is 7.17. The lowest BCUT2D eigenvalue weighted by atomic mass is 9.68. The number of methoxy groups -OCH3 is 1. The van der Waals surface area contributed by atoms with Crippen LogP contribution in [0.2, 0.25) is 0 Å². The van der Waals surface area contributed by atoms with Crippen LogP contribution in [-0.2, 0) is 23.8 Å². The van der Waals surface area contributed by atoms with E-state index in [0.717, 1.165) is 25.7 Å². The molecule has 0 spiro atoms. The second-order valence-corrected chi connectivity index (χ2v) is 7.17. The molecule has 0 N–H and O–H groups in total. The van der Waals surface area contributed by atoms with Gasteiger partial charge in [-0.15, -0.1) is 0 Å². The van der Waals surface area contributed by atoms with Crippen molar-refractivity contribution in [2.24, 2.45) is 17.8 Å². The maximum Gasteiger partial charge on any atom is 0.410 e. The summed E-state index contributed by atoms with van der Waals surface area (Å²) in [5, 5.41) is 0. The number of carbonyl (C=O) groups excluding carboxylic acids is 3. The van der Waals surface area contributed by atoms with Crippen molar-refractivity contribution < 1.29 is 28.6 Å². The number of carbonyl (C=O) groups is 3. The lowest BCUT2D eigenvalue weighted by Gasteiger charge is -2.46. The van der Waals surface area contributed by atoms with Gasteiger partial charge in [0.25, 0.3) is 0 Å². The van der Waals surface area contributed by atoms with Gasteiger partial charge in [-0.25, -0.2) is 9.59 Å². The molecule has 2 rings (SSSR count). The fourth-order valence-corrected chi connectivity index (χ4v) is 4.35. The van der Waals surface area contributed by atoms with E-state index in [1.54, 1.807) is 6.92 Å². The predicted octanol–water partition coefficient (Wildman–Crippen LogP) is 2.77. The molecule has 1 amide bonds. The topological polar surface area (TPSA) is 82.1 Å². The first-order valence-corrected chi connectivity index (χ1v) is 9.66. The van der Waals surface area contributed by atoms with E-state index in [0.29, 0.717) is 50.4 Å². The number of likely N-dealkylation sites (tertiary alicyclic amines) is 1. The van der Waals surface area contributed by atoms with Crippen molar-refractivity contribution in [2.75, 3.05) is 26.9 Å². The van der Waals surface area contributed by atoms with Gasteiger partial charge in [0.05, 0.1) is 20.3 Å². The molecule has 0 aromatic rings. The lowest BCUT2D eigenvalue weighted by Crippen LogP contribution is -2.55. The molecule has 1 saturated carbocycles. The van der Waals surface area contributed by atoms with Crippen LogP contribution in [0.5, 0.6) is 0 Å². The van der Waals surface area contributed by atoms with Gasteiger partial charge < -0.3 is 14.2 Å². The Morgan fingerprint density at radius 1 is 1.00 bits per heavy atom. The highest BCUT2D eigenvalue weighted by molar-refractivity contribution is 5.81. The number of amides is 1. The summed E-state index contributed by atoms with van der Waals surface area (Å²) in [6, 6.07) is -0.576. The van der Waals surface area contributed by atoms with Crippen LogP contribution >= 0.6 is 0 Å². The highest BCUT2D eigenvalue weighted by Gasteiger charge is 2.44. The normalized spacial score (nSPS) is 28.0. The zero-order valence-electron chi connectivity index (χ0n) is 16.1. The minimum atomic E-state index is -0.576. The molecule has 1 aliphatic carbocycles. The molecule has 2 fully saturated rings. The molecule has 2 aliphatic rings. The molecule has 26 heavy (non-hydrogen) atoms. The summed E-state index contributed by atoms with van der Waals surface area (Å²) in [6.45, 7) is 4.82. The Morgan fingerprint density at radius 3 is 2.38 bits per heavy atom. The van der Waals surface area contributed by atoms with Crippen LogP contribution in [0.25, 0.3) is 0 Å². The fraction of sp³-hybridized carbons (Fsp3) is 0.842. The Kier molecular flexibility index (Phi) is 7.72. The maximum absolute atomic E-state index is 12.3. The Morgan fingerprint density at radius 2 is 1.73 bits per heavy atom. The molecule has 0 radical (unpaired) electrons. The smallest absolute Gasteiger partial charge is 0.410 e. The average molecular weight is 369 g/mol. The standard InChI is InChI=1S/C19H31NO6/c1-4-25-17(21)9-7-13-6-8-14-12-20(19(23)24-3)16(11-15(14)10-13)18(22)26-5-2/h13-16H,4-12H2,1-3H3/t13-,14+,15-,16+/m1/s1. The van der Waals surface area contributed by atoms with Crippen molar-refractivity contribution in [3.63, 3.8) is 0 Å². The van der Waals surface area contributed by atoms with Crippen molar-refractivity contribution >= 4 is 18.0 Å². The number of nitrogens with zero attached hydrogens (tertiary/aromatic N) is 1. The molecule has 1 aliphatic heterocycles. The minimum Gasteiger partial charge on any atom is -0.466 e. The highest BCUT2D eigenvalue weighted by atomic mass is 16.6. The first-order valence-electron chi connectivity index (χ1n) is 9.66. The first kappa shape index (κ1) is 20.5. The molecule has 148 valence electrons. The molecule has 1 heterocycles. The maximum atomic E-state index is 12.3. The summed E-state index contributed by atoms with van der Waals surface area (Å²) in [5.74, 6) is 0.711. The Labute approximate surface area is 155 Å². The summed E-state index contributed by atoms with van der Waals surface area (Å²) in [5.41, 5.74) is 0. The van der Waals surface area contributed by atoms with Gasteiger partial charge in [-0.05, 0) is 57.3 Å². The number of hydrogen-bond donors (Lipinski definition) is 0. The highest BCUT2D eigenvalue weighted by Crippen LogP contribution is 2.42. The van der Waals surface area contributed by atoms with Gasteiger partial charge in [0, 0.05) is 13.0 Å². The SMILES string of the molecule is CCOC(=O)CC[C@H]1CC[C@H]2CN(C(=O)OC)[C@H](C(=O)OCC)C[C@H]2C1. The number of hydrogen-bond acceptors (Lipinski definition) is 6. The molecule has 1 saturated heterocycles. The van der Waals surface area contributed by atoms with E-state index in [1.165, 1.54) is 12.0 Å². The molecule has 0 bridgehead atoms. The zero-order chi connectivity index (χ0) is 19.1. The van der Waals surface area contributed by atoms with Crippen molar-refractivity contribution in [2.45, 2.75) is 58.4 Å². The third-order valence-corrected chi connectivity index (χ3v) is 5.61. The minimum absolute atomic E-state index is 0.139. The number of esters is 2. The van der Waals surface area contributed by atoms with E-state index in [1.807, 2.05) is 6.92 Å². The fourth-order valence-electron chi connectivity index (χ4n) is 4.35. The number of ether oxygens (including phenoxy) is 3. The van der Waals surface area contributed by atoms with Crippen molar-refractivity contribution in [3.8, 4) is 0 Å². The van der Waals surface area contributed by atoms with Gasteiger partial charge in [-0.3, -0.25) is 9.69 Å². The number of fused-ring (bicyclic) bond motifs is 1. The molecule has 0 aromatic heterocycles. The zero-order valence-corrected chi connectivity index (χ0v) is 16.1. The molecule has 0 aromatic carbocycles. The van der Waals surface area contributed by atoms with Crippen LogP contribution in [0.1, 0.15) is 52.4 Å². The largest absolute Gasteiger partial charge is 0.466 e. The van der Waals surface area contributed by atoms with Crippen LogP contribution in [-0.4, -0.2) is 55.8 Å². The summed E-state index contributed by atoms with van der Waals surface area (Å²) in [4.78, 5) is 37.6. The van der Waals surface area contributed by atoms with E-state index >= 15 is 0 Å². The lowest BCUT2D eigenvalue weighted by molar-refractivity contribution is -0.152. The van der Waals surface area contributed by atoms with Gasteiger partial charge in [0.2, 0.25) is 0 Å². The van der Waals surface area contributed by atoms with E-state index < -0.39 is 12.1 Å². The van der Waals surface area contributed by atoms with Crippen LogP contribution in [0.15, 0.2) is 0 Å². The van der Waals surface area contributed by atoms with Crippen molar-refractivity contribution in [1.82, 2.24) is 4.90 Å². The molecule has 7 heteroatoms. The van der Waals surface area contributed by atoms with E-state index in [4.69, 9.17) is 14.2 Å². The molecule has 4 atom stereocenters. The molecule has 7 nitrogen and oxygen atoms in total. The van der Waals surface area contributed by atoms with E-state index in [9.17, 15) is 14.4 Å². The summed E-state index contributed by atoms with van der Waals surface area (Å²) in [6.07, 6.45) is 4.44. The molecular weight excluding hydrogens is 338 g/mol. The van der Waals surface area contributed by atoms with Crippen molar-refractivity contribution in [3.05, 3.63) is 0 Å². The van der Waals surface area contributed by atoms with Gasteiger partial charge in [0.1, 0.15) is 6.04 Å². The van der Waals surface area contributed by atoms with Crippen molar-refractivity contribution in [1.29, 1.82) is 0 Å². The van der Waals surface area contributed by atoms with Gasteiger partial charge in [0.15, 0.2) is 0 Å². The Bertz CT molecular complexity index is 508. The number of piperidine rings is 1. The summed E-state index contributed by atoms with van der Waals surface area (Å²) < 4.78 is 15.0. The molecule has 0 unspecified atom stereocenters. The third-order valence-electron chi connectivity index (χ3n) is 5.61. The number of rotatable bonds is 6. The van der Waals surface area contributed by atoms with Crippen LogP contribution in [0, 0.1) is 17.8 Å². The Hall–Kier alpha value is -1.79. The monoisotopic (exact) mass is 369 g/mol. The van der Waals surface area contributed by atoms with Gasteiger partial charge in [-0.2, -0.15) is 0 Å². The van der Waals surface area contributed by atoms with E-state index in [2.05, 4.69) is 0 Å². The van der Waals surface area contributed by atoms with Gasteiger partial charge >= 0.3 is 18.0 Å². The third kappa shape index (κ3) is 5.11. The van der Waals surface area contributed by atoms with Crippen LogP contribution in [0.4, 0.5) is 4.79 Å². The van der Waals surface area contributed by atoms with Gasteiger partial charge in [-0.1, -0.05) is 6.42 Å². The average Bonchev–Trinajstić information content (AvgIpc) is 2.65. The summed E-state index contributed by atoms with van der Waals surface area (Å²) in [7, 11) is 1.34. The van der Waals surface area contributed by atoms with Crippen LogP contribution in [0.3, 0.4) is 0 Å². The second kappa shape index (κ2) is 9.78. The van der Waals surface area contributed by atoms with Crippen LogP contribution < -0.4 is 0 Å². The quantitative estimate of drug-likeness (QED) is 0.529. The van der Waals surface area contributed by atoms with E-state index in [-0.39, 0.29) is 11.9 Å².